The number of fused-ring (bicyclic) bond motifs is 1. The molecule has 3 aromatic rings. The highest BCUT2D eigenvalue weighted by molar-refractivity contribution is 6.09. The van der Waals surface area contributed by atoms with Crippen LogP contribution in [-0.2, 0) is 4.79 Å². The maximum absolute atomic E-state index is 15.5. The SMILES string of the molecule is CCC(=O)NC1CCC(NC(=O)c2c(C)[nH]c3c(-c4c(OCC5CC5)ccc(C)c4F)ncnc23)C(F)C1. The Balaban J connectivity index is 1.42. The Morgan fingerprint density at radius 3 is 2.63 bits per heavy atom. The van der Waals surface area contributed by atoms with Gasteiger partial charge in [-0.3, -0.25) is 9.59 Å². The molecule has 2 fully saturated rings. The number of hydrogen-bond donors (Lipinski definition) is 3. The molecule has 0 spiro atoms. The molecular formula is C28H33F2N5O3. The van der Waals surface area contributed by atoms with Crippen molar-refractivity contribution in [3.8, 4) is 17.0 Å². The Kier molecular flexibility index (Phi) is 7.32. The number of carbonyl (C=O) groups excluding carboxylic acids is 2. The molecule has 202 valence electrons. The summed E-state index contributed by atoms with van der Waals surface area (Å²) in [5.41, 5.74) is 2.52. The normalized spacial score (nSPS) is 21.3. The van der Waals surface area contributed by atoms with Crippen molar-refractivity contribution in [1.82, 2.24) is 25.6 Å². The number of hydrogen-bond acceptors (Lipinski definition) is 5. The van der Waals surface area contributed by atoms with E-state index in [4.69, 9.17) is 4.74 Å². The third kappa shape index (κ3) is 5.21. The first kappa shape index (κ1) is 26.1. The maximum atomic E-state index is 15.5. The Morgan fingerprint density at radius 1 is 1.13 bits per heavy atom. The van der Waals surface area contributed by atoms with Gasteiger partial charge in [0.25, 0.3) is 5.91 Å². The van der Waals surface area contributed by atoms with Crippen molar-refractivity contribution in [2.24, 2.45) is 5.92 Å². The number of rotatable bonds is 8. The second kappa shape index (κ2) is 10.7. The van der Waals surface area contributed by atoms with Crippen molar-refractivity contribution in [2.75, 3.05) is 6.61 Å². The highest BCUT2D eigenvalue weighted by Crippen LogP contribution is 2.39. The fourth-order valence-corrected chi connectivity index (χ4v) is 5.06. The van der Waals surface area contributed by atoms with Gasteiger partial charge in [0.2, 0.25) is 5.91 Å². The monoisotopic (exact) mass is 525 g/mol. The average Bonchev–Trinajstić information content (AvgIpc) is 3.66. The number of carbonyl (C=O) groups is 2. The molecule has 8 nitrogen and oxygen atoms in total. The van der Waals surface area contributed by atoms with Crippen molar-refractivity contribution in [2.45, 2.75) is 77.6 Å². The van der Waals surface area contributed by atoms with E-state index in [9.17, 15) is 14.0 Å². The molecule has 10 heteroatoms. The molecule has 2 aromatic heterocycles. The van der Waals surface area contributed by atoms with E-state index in [2.05, 4.69) is 25.6 Å². The van der Waals surface area contributed by atoms with Crippen molar-refractivity contribution < 1.29 is 23.1 Å². The van der Waals surface area contributed by atoms with Gasteiger partial charge >= 0.3 is 0 Å². The molecular weight excluding hydrogens is 492 g/mol. The van der Waals surface area contributed by atoms with E-state index in [0.717, 1.165) is 12.8 Å². The van der Waals surface area contributed by atoms with E-state index in [1.165, 1.54) is 6.33 Å². The Labute approximate surface area is 220 Å². The van der Waals surface area contributed by atoms with E-state index in [1.807, 2.05) is 0 Å². The van der Waals surface area contributed by atoms with Crippen LogP contribution in [0.15, 0.2) is 18.5 Å². The molecule has 38 heavy (non-hydrogen) atoms. The number of nitrogens with one attached hydrogen (secondary N) is 3. The number of ether oxygens (including phenoxy) is 1. The van der Waals surface area contributed by atoms with Crippen LogP contribution in [0.5, 0.6) is 5.75 Å². The molecule has 0 radical (unpaired) electrons. The standard InChI is InChI=1S/C28H33F2N5O3/c1-4-21(36)34-17-8-9-19(18(29)11-17)35-28(37)22-15(3)33-27-25(22)31-13-32-26(27)23-20(38-12-16-6-7-16)10-5-14(2)24(23)30/h5,10,13,16-19,33H,4,6-9,11-12H2,1-3H3,(H,34,36)(H,35,37). The minimum Gasteiger partial charge on any atom is -0.492 e. The second-order valence-electron chi connectivity index (χ2n) is 10.4. The van der Waals surface area contributed by atoms with Gasteiger partial charge in [0.05, 0.1) is 29.3 Å². The number of aromatic amines is 1. The van der Waals surface area contributed by atoms with E-state index < -0.39 is 23.9 Å². The van der Waals surface area contributed by atoms with Crippen molar-refractivity contribution in [3.63, 3.8) is 0 Å². The van der Waals surface area contributed by atoms with Crippen LogP contribution in [0.3, 0.4) is 0 Å². The van der Waals surface area contributed by atoms with E-state index in [-0.39, 0.29) is 29.5 Å². The maximum Gasteiger partial charge on any atom is 0.255 e. The van der Waals surface area contributed by atoms with Gasteiger partial charge in [-0.15, -0.1) is 0 Å². The minimum atomic E-state index is -1.29. The van der Waals surface area contributed by atoms with Crippen LogP contribution in [0.4, 0.5) is 8.78 Å². The zero-order chi connectivity index (χ0) is 27.0. The van der Waals surface area contributed by atoms with Crippen LogP contribution in [-0.4, -0.2) is 51.6 Å². The lowest BCUT2D eigenvalue weighted by atomic mass is 9.89. The molecule has 2 aliphatic carbocycles. The predicted octanol–water partition coefficient (Wildman–Crippen LogP) is 4.68. The van der Waals surface area contributed by atoms with Gasteiger partial charge in [0, 0.05) is 24.6 Å². The number of benzene rings is 1. The van der Waals surface area contributed by atoms with Crippen molar-refractivity contribution in [3.05, 3.63) is 41.1 Å². The molecule has 2 heterocycles. The minimum absolute atomic E-state index is 0.110. The number of amides is 2. The predicted molar refractivity (Wildman–Crippen MR) is 139 cm³/mol. The largest absolute Gasteiger partial charge is 0.492 e. The molecule has 3 atom stereocenters. The fraction of sp³-hybridized carbons (Fsp3) is 0.500. The zero-order valence-electron chi connectivity index (χ0n) is 21.9. The molecule has 2 saturated carbocycles. The van der Waals surface area contributed by atoms with Gasteiger partial charge in [-0.2, -0.15) is 0 Å². The highest BCUT2D eigenvalue weighted by atomic mass is 19.1. The van der Waals surface area contributed by atoms with Gasteiger partial charge in [0.1, 0.15) is 35.3 Å². The number of nitrogens with zero attached hydrogens (tertiary/aromatic N) is 2. The molecule has 0 bridgehead atoms. The van der Waals surface area contributed by atoms with Gasteiger partial charge in [-0.05, 0) is 57.1 Å². The zero-order valence-corrected chi connectivity index (χ0v) is 21.9. The summed E-state index contributed by atoms with van der Waals surface area (Å²) in [4.78, 5) is 36.9. The molecule has 2 amide bonds. The number of alkyl halides is 1. The third-order valence-corrected chi connectivity index (χ3v) is 7.48. The van der Waals surface area contributed by atoms with Crippen LogP contribution in [0.2, 0.25) is 0 Å². The summed E-state index contributed by atoms with van der Waals surface area (Å²) in [6.45, 7) is 5.66. The molecule has 0 saturated heterocycles. The summed E-state index contributed by atoms with van der Waals surface area (Å²) >= 11 is 0. The molecule has 1 aromatic carbocycles. The number of H-pyrrole nitrogens is 1. The number of aryl methyl sites for hydroxylation is 2. The Hall–Kier alpha value is -3.56. The summed E-state index contributed by atoms with van der Waals surface area (Å²) in [5, 5.41) is 5.65. The summed E-state index contributed by atoms with van der Waals surface area (Å²) in [7, 11) is 0. The van der Waals surface area contributed by atoms with Crippen molar-refractivity contribution in [1.29, 1.82) is 0 Å². The van der Waals surface area contributed by atoms with E-state index >= 15 is 4.39 Å². The first-order valence-corrected chi connectivity index (χ1v) is 13.3. The average molecular weight is 526 g/mol. The number of aromatic nitrogens is 3. The highest BCUT2D eigenvalue weighted by Gasteiger charge is 2.34. The van der Waals surface area contributed by atoms with E-state index in [0.29, 0.717) is 65.5 Å². The van der Waals surface area contributed by atoms with Crippen LogP contribution >= 0.6 is 0 Å². The molecule has 3 unspecified atom stereocenters. The lowest BCUT2D eigenvalue weighted by molar-refractivity contribution is -0.121. The van der Waals surface area contributed by atoms with Gasteiger partial charge < -0.3 is 20.4 Å². The first-order valence-electron chi connectivity index (χ1n) is 13.3. The van der Waals surface area contributed by atoms with Crippen LogP contribution < -0.4 is 15.4 Å². The molecule has 0 aliphatic heterocycles. The molecule has 5 rings (SSSR count). The van der Waals surface area contributed by atoms with Gasteiger partial charge in [-0.1, -0.05) is 13.0 Å². The van der Waals surface area contributed by atoms with Crippen LogP contribution in [0, 0.1) is 25.6 Å². The second-order valence-corrected chi connectivity index (χ2v) is 10.4. The van der Waals surface area contributed by atoms with Gasteiger partial charge in [0.15, 0.2) is 0 Å². The fourth-order valence-electron chi connectivity index (χ4n) is 5.06. The Bertz CT molecular complexity index is 1370. The molecule has 3 N–H and O–H groups in total. The van der Waals surface area contributed by atoms with Crippen molar-refractivity contribution >= 4 is 22.8 Å². The quantitative estimate of drug-likeness (QED) is 0.396. The third-order valence-electron chi connectivity index (χ3n) is 7.48. The summed E-state index contributed by atoms with van der Waals surface area (Å²) in [6.07, 6.45) is 3.68. The van der Waals surface area contributed by atoms with Gasteiger partial charge in [-0.25, -0.2) is 18.7 Å². The smallest absolute Gasteiger partial charge is 0.255 e. The summed E-state index contributed by atoms with van der Waals surface area (Å²) < 4.78 is 36.4. The molecule has 2 aliphatic rings. The van der Waals surface area contributed by atoms with E-state index in [1.54, 1.807) is 32.9 Å². The first-order chi connectivity index (χ1) is 18.3. The summed E-state index contributed by atoms with van der Waals surface area (Å²) in [5.74, 6) is -0.134. The number of halogens is 2. The lowest BCUT2D eigenvalue weighted by Crippen LogP contribution is -2.50. The topological polar surface area (TPSA) is 109 Å². The lowest BCUT2D eigenvalue weighted by Gasteiger charge is -2.32. The summed E-state index contributed by atoms with van der Waals surface area (Å²) in [6, 6.07) is 2.50. The Morgan fingerprint density at radius 2 is 1.92 bits per heavy atom. The van der Waals surface area contributed by atoms with Crippen LogP contribution in [0.25, 0.3) is 22.3 Å². The van der Waals surface area contributed by atoms with Crippen LogP contribution in [0.1, 0.15) is 67.1 Å².